The predicted octanol–water partition coefficient (Wildman–Crippen LogP) is 2.00. The molecule has 0 aromatic carbocycles. The molecule has 1 saturated carbocycles. The third-order valence-corrected chi connectivity index (χ3v) is 4.72. The molecular formula is C15H30N2O. The van der Waals surface area contributed by atoms with Gasteiger partial charge in [-0.1, -0.05) is 13.3 Å². The predicted molar refractivity (Wildman–Crippen MR) is 75.7 cm³/mol. The van der Waals surface area contributed by atoms with E-state index in [0.717, 1.165) is 24.9 Å². The summed E-state index contributed by atoms with van der Waals surface area (Å²) in [6.07, 6.45) is 7.75. The van der Waals surface area contributed by atoms with Crippen molar-refractivity contribution in [2.75, 3.05) is 19.7 Å². The molecule has 1 saturated heterocycles. The lowest BCUT2D eigenvalue weighted by Crippen LogP contribution is -2.45. The van der Waals surface area contributed by atoms with E-state index in [1.165, 1.54) is 38.6 Å². The van der Waals surface area contributed by atoms with Crippen LogP contribution in [0.2, 0.25) is 0 Å². The molecule has 2 aliphatic rings. The van der Waals surface area contributed by atoms with Crippen LogP contribution in [0.3, 0.4) is 0 Å². The molecule has 1 aliphatic heterocycles. The van der Waals surface area contributed by atoms with Gasteiger partial charge in [-0.3, -0.25) is 0 Å². The average Bonchev–Trinajstić information content (AvgIpc) is 3.20. The van der Waals surface area contributed by atoms with Crippen LogP contribution in [0.15, 0.2) is 0 Å². The van der Waals surface area contributed by atoms with E-state index in [1.54, 1.807) is 0 Å². The van der Waals surface area contributed by atoms with Crippen LogP contribution in [-0.2, 0) is 0 Å². The Bertz CT molecular complexity index is 243. The number of hydrogen-bond acceptors (Lipinski definition) is 3. The maximum absolute atomic E-state index is 9.42. The van der Waals surface area contributed by atoms with E-state index in [0.29, 0.717) is 12.1 Å². The Morgan fingerprint density at radius 3 is 2.67 bits per heavy atom. The van der Waals surface area contributed by atoms with Crippen LogP contribution in [0.5, 0.6) is 0 Å². The van der Waals surface area contributed by atoms with Crippen LogP contribution >= 0.6 is 0 Å². The van der Waals surface area contributed by atoms with Gasteiger partial charge in [0.15, 0.2) is 0 Å². The Morgan fingerprint density at radius 2 is 2.06 bits per heavy atom. The van der Waals surface area contributed by atoms with E-state index < -0.39 is 0 Å². The largest absolute Gasteiger partial charge is 0.395 e. The summed E-state index contributed by atoms with van der Waals surface area (Å²) >= 11 is 0. The summed E-state index contributed by atoms with van der Waals surface area (Å²) in [5.41, 5.74) is 0. The van der Waals surface area contributed by atoms with Gasteiger partial charge in [0.1, 0.15) is 0 Å². The van der Waals surface area contributed by atoms with Crippen LogP contribution in [0.1, 0.15) is 52.4 Å². The standard InChI is InChI=1S/C15H30N2O/c1-3-13-5-4-12(2)17(10-13)9-8-15(11-18)16-14-6-7-14/h12-16,18H,3-11H2,1-2H3. The highest BCUT2D eigenvalue weighted by molar-refractivity contribution is 4.86. The molecule has 2 N–H and O–H groups in total. The fourth-order valence-corrected chi connectivity index (χ4v) is 3.04. The van der Waals surface area contributed by atoms with Gasteiger partial charge in [0.2, 0.25) is 0 Å². The smallest absolute Gasteiger partial charge is 0.0585 e. The SMILES string of the molecule is CCC1CCC(C)N(CCC(CO)NC2CC2)C1. The molecule has 3 nitrogen and oxygen atoms in total. The minimum atomic E-state index is 0.288. The zero-order valence-electron chi connectivity index (χ0n) is 12.1. The van der Waals surface area contributed by atoms with Crippen molar-refractivity contribution in [3.63, 3.8) is 0 Å². The fraction of sp³-hybridized carbons (Fsp3) is 1.00. The number of nitrogens with one attached hydrogen (secondary N) is 1. The zero-order chi connectivity index (χ0) is 13.0. The number of aliphatic hydroxyl groups excluding tert-OH is 1. The molecule has 2 fully saturated rings. The molecule has 1 aliphatic carbocycles. The summed E-state index contributed by atoms with van der Waals surface area (Å²) in [7, 11) is 0. The van der Waals surface area contributed by atoms with Crippen molar-refractivity contribution < 1.29 is 5.11 Å². The number of aliphatic hydroxyl groups is 1. The summed E-state index contributed by atoms with van der Waals surface area (Å²) in [5.74, 6) is 0.894. The first-order valence-corrected chi connectivity index (χ1v) is 7.83. The Morgan fingerprint density at radius 1 is 1.28 bits per heavy atom. The lowest BCUT2D eigenvalue weighted by Gasteiger charge is -2.38. The number of nitrogens with zero attached hydrogens (tertiary/aromatic N) is 1. The Kier molecular flexibility index (Phi) is 5.46. The second kappa shape index (κ2) is 6.88. The van der Waals surface area contributed by atoms with Crippen molar-refractivity contribution in [3.05, 3.63) is 0 Å². The van der Waals surface area contributed by atoms with Gasteiger partial charge < -0.3 is 15.3 Å². The molecule has 0 spiro atoms. The van der Waals surface area contributed by atoms with E-state index in [4.69, 9.17) is 0 Å². The summed E-state index contributed by atoms with van der Waals surface area (Å²) < 4.78 is 0. The van der Waals surface area contributed by atoms with Gasteiger partial charge in [0.25, 0.3) is 0 Å². The minimum Gasteiger partial charge on any atom is -0.395 e. The molecule has 0 aromatic heterocycles. The summed E-state index contributed by atoms with van der Waals surface area (Å²) in [6.45, 7) is 7.36. The van der Waals surface area contributed by atoms with Crippen molar-refractivity contribution in [1.82, 2.24) is 10.2 Å². The first kappa shape index (κ1) is 14.3. The molecule has 3 atom stereocenters. The van der Waals surface area contributed by atoms with E-state index in [1.807, 2.05) is 0 Å². The highest BCUT2D eigenvalue weighted by Gasteiger charge is 2.27. The topological polar surface area (TPSA) is 35.5 Å². The molecule has 0 radical (unpaired) electrons. The van der Waals surface area contributed by atoms with Gasteiger partial charge in [-0.05, 0) is 51.5 Å². The zero-order valence-corrected chi connectivity index (χ0v) is 12.1. The van der Waals surface area contributed by atoms with Gasteiger partial charge in [-0.25, -0.2) is 0 Å². The number of rotatable bonds is 7. The summed E-state index contributed by atoms with van der Waals surface area (Å²) in [4.78, 5) is 2.63. The number of likely N-dealkylation sites (tertiary alicyclic amines) is 1. The highest BCUT2D eigenvalue weighted by atomic mass is 16.3. The lowest BCUT2D eigenvalue weighted by molar-refractivity contribution is 0.105. The molecule has 0 amide bonds. The van der Waals surface area contributed by atoms with Gasteiger partial charge in [-0.2, -0.15) is 0 Å². The second-order valence-corrected chi connectivity index (χ2v) is 6.30. The van der Waals surface area contributed by atoms with Crippen LogP contribution in [0, 0.1) is 5.92 Å². The van der Waals surface area contributed by atoms with Crippen molar-refractivity contribution in [3.8, 4) is 0 Å². The number of hydrogen-bond donors (Lipinski definition) is 2. The number of piperidine rings is 1. The van der Waals surface area contributed by atoms with Gasteiger partial charge in [-0.15, -0.1) is 0 Å². The van der Waals surface area contributed by atoms with Gasteiger partial charge in [0.05, 0.1) is 6.61 Å². The van der Waals surface area contributed by atoms with Gasteiger partial charge >= 0.3 is 0 Å². The third-order valence-electron chi connectivity index (χ3n) is 4.72. The molecule has 3 heteroatoms. The third kappa shape index (κ3) is 4.22. The quantitative estimate of drug-likeness (QED) is 0.729. The molecule has 0 aromatic rings. The van der Waals surface area contributed by atoms with Crippen LogP contribution in [0.25, 0.3) is 0 Å². The molecule has 2 rings (SSSR count). The Labute approximate surface area is 112 Å². The van der Waals surface area contributed by atoms with Gasteiger partial charge in [0, 0.05) is 24.7 Å². The Balaban J connectivity index is 1.72. The first-order valence-electron chi connectivity index (χ1n) is 7.83. The summed E-state index contributed by atoms with van der Waals surface area (Å²) in [5, 5.41) is 13.0. The molecule has 0 bridgehead atoms. The first-order chi connectivity index (χ1) is 8.72. The van der Waals surface area contributed by atoms with Crippen molar-refractivity contribution >= 4 is 0 Å². The maximum Gasteiger partial charge on any atom is 0.0585 e. The van der Waals surface area contributed by atoms with E-state index in [9.17, 15) is 5.11 Å². The maximum atomic E-state index is 9.42. The summed E-state index contributed by atoms with van der Waals surface area (Å²) in [6, 6.07) is 1.74. The van der Waals surface area contributed by atoms with Crippen molar-refractivity contribution in [2.24, 2.45) is 5.92 Å². The normalized spacial score (nSPS) is 31.5. The molecular weight excluding hydrogens is 224 g/mol. The van der Waals surface area contributed by atoms with Crippen LogP contribution in [-0.4, -0.2) is 47.8 Å². The lowest BCUT2D eigenvalue weighted by atomic mass is 9.91. The second-order valence-electron chi connectivity index (χ2n) is 6.30. The molecule has 3 unspecified atom stereocenters. The van der Waals surface area contributed by atoms with Crippen molar-refractivity contribution in [2.45, 2.75) is 70.5 Å². The Hall–Kier alpha value is -0.120. The van der Waals surface area contributed by atoms with Crippen LogP contribution in [0.4, 0.5) is 0 Å². The van der Waals surface area contributed by atoms with E-state index in [-0.39, 0.29) is 6.61 Å². The van der Waals surface area contributed by atoms with E-state index >= 15 is 0 Å². The highest BCUT2D eigenvalue weighted by Crippen LogP contribution is 2.24. The van der Waals surface area contributed by atoms with Crippen LogP contribution < -0.4 is 5.32 Å². The molecule has 1 heterocycles. The minimum absolute atomic E-state index is 0.288. The molecule has 18 heavy (non-hydrogen) atoms. The van der Waals surface area contributed by atoms with Crippen molar-refractivity contribution in [1.29, 1.82) is 0 Å². The average molecular weight is 254 g/mol. The monoisotopic (exact) mass is 254 g/mol. The van der Waals surface area contributed by atoms with E-state index in [2.05, 4.69) is 24.1 Å². The molecule has 106 valence electrons. The fourth-order valence-electron chi connectivity index (χ4n) is 3.04.